The van der Waals surface area contributed by atoms with E-state index in [0.717, 1.165) is 109 Å². The molecule has 438 valence electrons. The van der Waals surface area contributed by atoms with Crippen LogP contribution in [-0.4, -0.2) is 37.2 Å². The van der Waals surface area contributed by atoms with Crippen LogP contribution in [0.25, 0.3) is 0 Å². The molecule has 0 aliphatic carbocycles. The number of carbonyl (C=O) groups is 3. The van der Waals surface area contributed by atoms with E-state index in [1.165, 1.54) is 141 Å². The lowest BCUT2D eigenvalue weighted by atomic mass is 10.0. The SMILES string of the molecule is CC/C=C\C/C=C\C/C=C\C/C=C\C/C=C\CCCCCCCCCC(=O)OCC(COC(=O)C/C=C\C/C=C\C/C=C\C/C=C\C/C=C\CC)OC(=O)CCCCCCCCCCCCCCCCCCCCCCC. The molecular weight excluding hydrogens is 949 g/mol. The molecule has 0 amide bonds. The smallest absolute Gasteiger partial charge is 0.309 e. The molecule has 0 bridgehead atoms. The Morgan fingerprint density at radius 3 is 0.909 bits per heavy atom. The minimum absolute atomic E-state index is 0.114. The van der Waals surface area contributed by atoms with E-state index in [1.54, 1.807) is 6.08 Å². The van der Waals surface area contributed by atoms with Crippen LogP contribution in [0.4, 0.5) is 0 Å². The largest absolute Gasteiger partial charge is 0.462 e. The highest BCUT2D eigenvalue weighted by Crippen LogP contribution is 2.17. The lowest BCUT2D eigenvalue weighted by Gasteiger charge is -2.18. The molecule has 0 aliphatic rings. The first-order valence-electron chi connectivity index (χ1n) is 32.0. The van der Waals surface area contributed by atoms with Gasteiger partial charge < -0.3 is 14.2 Å². The van der Waals surface area contributed by atoms with Crippen LogP contribution in [0.3, 0.4) is 0 Å². The van der Waals surface area contributed by atoms with E-state index in [9.17, 15) is 14.4 Å². The fourth-order valence-electron chi connectivity index (χ4n) is 8.78. The highest BCUT2D eigenvalue weighted by atomic mass is 16.6. The fraction of sp³-hybridized carbons (Fsp3) is 0.676. The highest BCUT2D eigenvalue weighted by molar-refractivity contribution is 5.72. The maximum atomic E-state index is 12.9. The summed E-state index contributed by atoms with van der Waals surface area (Å²) < 4.78 is 16.8. The van der Waals surface area contributed by atoms with Crippen LogP contribution >= 0.6 is 0 Å². The van der Waals surface area contributed by atoms with E-state index >= 15 is 0 Å². The third kappa shape index (κ3) is 62.5. The van der Waals surface area contributed by atoms with Crippen molar-refractivity contribution in [2.75, 3.05) is 13.2 Å². The molecule has 6 heteroatoms. The zero-order chi connectivity index (χ0) is 55.7. The quantitative estimate of drug-likeness (QED) is 0.0261. The zero-order valence-corrected chi connectivity index (χ0v) is 50.2. The van der Waals surface area contributed by atoms with Gasteiger partial charge in [-0.15, -0.1) is 0 Å². The molecule has 0 N–H and O–H groups in total. The number of rotatable bonds is 57. The van der Waals surface area contributed by atoms with Crippen molar-refractivity contribution in [3.05, 3.63) is 122 Å². The highest BCUT2D eigenvalue weighted by Gasteiger charge is 2.19. The summed E-state index contributed by atoms with van der Waals surface area (Å²) in [6.07, 6.45) is 89.5. The van der Waals surface area contributed by atoms with Crippen molar-refractivity contribution in [1.29, 1.82) is 0 Å². The fourth-order valence-corrected chi connectivity index (χ4v) is 8.78. The van der Waals surface area contributed by atoms with Gasteiger partial charge in [0, 0.05) is 12.8 Å². The van der Waals surface area contributed by atoms with Crippen molar-refractivity contribution in [3.63, 3.8) is 0 Å². The van der Waals surface area contributed by atoms with Crippen molar-refractivity contribution < 1.29 is 28.6 Å². The number of unbranched alkanes of at least 4 members (excludes halogenated alkanes) is 27. The van der Waals surface area contributed by atoms with E-state index in [2.05, 4.69) is 130 Å². The van der Waals surface area contributed by atoms with Gasteiger partial charge in [-0.1, -0.05) is 303 Å². The topological polar surface area (TPSA) is 78.9 Å². The van der Waals surface area contributed by atoms with Gasteiger partial charge in [0.15, 0.2) is 6.10 Å². The van der Waals surface area contributed by atoms with Gasteiger partial charge in [0.25, 0.3) is 0 Å². The first kappa shape index (κ1) is 72.8. The van der Waals surface area contributed by atoms with E-state index in [0.29, 0.717) is 12.8 Å². The summed E-state index contributed by atoms with van der Waals surface area (Å²) in [6, 6.07) is 0. The van der Waals surface area contributed by atoms with Crippen LogP contribution in [0.2, 0.25) is 0 Å². The Hall–Kier alpha value is -4.19. The van der Waals surface area contributed by atoms with Gasteiger partial charge >= 0.3 is 17.9 Å². The molecule has 0 aromatic rings. The third-order valence-electron chi connectivity index (χ3n) is 13.5. The summed E-state index contributed by atoms with van der Waals surface area (Å²) in [7, 11) is 0. The summed E-state index contributed by atoms with van der Waals surface area (Å²) >= 11 is 0. The standard InChI is InChI=1S/C71H118O6/c1-4-7-10-13-16-19-22-25-28-30-32-34-35-37-38-40-43-46-49-52-55-58-61-64-70(73)76-67-68(66-75-69(72)63-60-57-54-51-48-45-42-27-24-21-18-15-12-9-6-3)77-71(74)65-62-59-56-53-50-47-44-41-39-36-33-31-29-26-23-20-17-14-11-8-5-2/h7,9-10,12,16,18-19,21,25,27-28,32,34,37-38,42,48,51,57,60,68H,4-6,8,11,13-15,17,20,22-24,26,29-31,33,35-36,39-41,43-47,49-50,52-56,58-59,61-67H2,1-3H3/b10-7-,12-9-,19-16-,21-18-,28-25-,34-32-,38-37-,42-27-,51-48-,60-57-. The zero-order valence-electron chi connectivity index (χ0n) is 50.2. The van der Waals surface area contributed by atoms with Gasteiger partial charge in [-0.25, -0.2) is 0 Å². The Balaban J connectivity index is 4.45. The molecule has 0 rings (SSSR count). The van der Waals surface area contributed by atoms with Crippen molar-refractivity contribution in [1.82, 2.24) is 0 Å². The molecule has 1 atom stereocenters. The Labute approximate surface area is 475 Å². The lowest BCUT2D eigenvalue weighted by Crippen LogP contribution is -2.30. The minimum atomic E-state index is -0.826. The van der Waals surface area contributed by atoms with Gasteiger partial charge in [0.05, 0.1) is 6.42 Å². The average molecular weight is 1070 g/mol. The molecule has 0 spiro atoms. The van der Waals surface area contributed by atoms with Crippen LogP contribution in [0.5, 0.6) is 0 Å². The van der Waals surface area contributed by atoms with E-state index in [1.807, 2.05) is 6.08 Å². The average Bonchev–Trinajstić information content (AvgIpc) is 3.43. The Morgan fingerprint density at radius 2 is 0.558 bits per heavy atom. The molecule has 0 fully saturated rings. The first-order chi connectivity index (χ1) is 38.0. The lowest BCUT2D eigenvalue weighted by molar-refractivity contribution is -0.166. The number of esters is 3. The van der Waals surface area contributed by atoms with Crippen LogP contribution in [-0.2, 0) is 28.6 Å². The Morgan fingerprint density at radius 1 is 0.286 bits per heavy atom. The maximum Gasteiger partial charge on any atom is 0.309 e. The van der Waals surface area contributed by atoms with Crippen molar-refractivity contribution >= 4 is 17.9 Å². The van der Waals surface area contributed by atoms with Crippen LogP contribution in [0.1, 0.15) is 290 Å². The van der Waals surface area contributed by atoms with E-state index in [-0.39, 0.29) is 31.6 Å². The predicted molar refractivity (Wildman–Crippen MR) is 334 cm³/mol. The van der Waals surface area contributed by atoms with Gasteiger partial charge in [0.2, 0.25) is 0 Å². The molecule has 0 radical (unpaired) electrons. The number of hydrogen-bond donors (Lipinski definition) is 0. The van der Waals surface area contributed by atoms with Gasteiger partial charge in [-0.05, 0) is 89.9 Å². The summed E-state index contributed by atoms with van der Waals surface area (Å²) in [5.41, 5.74) is 0. The summed E-state index contributed by atoms with van der Waals surface area (Å²) in [5, 5.41) is 0. The summed E-state index contributed by atoms with van der Waals surface area (Å²) in [5.74, 6) is -1.05. The molecule has 0 heterocycles. The summed E-state index contributed by atoms with van der Waals surface area (Å²) in [4.78, 5) is 38.3. The number of carbonyl (C=O) groups excluding carboxylic acids is 3. The van der Waals surface area contributed by atoms with Gasteiger partial charge in [0.1, 0.15) is 13.2 Å². The molecule has 1 unspecified atom stereocenters. The van der Waals surface area contributed by atoms with Crippen LogP contribution in [0.15, 0.2) is 122 Å². The second kappa shape index (κ2) is 64.3. The van der Waals surface area contributed by atoms with Crippen molar-refractivity contribution in [3.8, 4) is 0 Å². The molecule has 77 heavy (non-hydrogen) atoms. The predicted octanol–water partition coefficient (Wildman–Crippen LogP) is 22.0. The van der Waals surface area contributed by atoms with Crippen LogP contribution < -0.4 is 0 Å². The second-order valence-corrected chi connectivity index (χ2v) is 20.9. The van der Waals surface area contributed by atoms with Crippen molar-refractivity contribution in [2.45, 2.75) is 297 Å². The number of hydrogen-bond acceptors (Lipinski definition) is 6. The number of ether oxygens (including phenoxy) is 3. The molecule has 0 aromatic heterocycles. The molecular formula is C71H118O6. The normalized spacial score (nSPS) is 12.9. The van der Waals surface area contributed by atoms with Gasteiger partial charge in [-0.2, -0.15) is 0 Å². The molecule has 0 aromatic carbocycles. The second-order valence-electron chi connectivity index (χ2n) is 20.9. The minimum Gasteiger partial charge on any atom is -0.462 e. The number of allylic oxidation sites excluding steroid dienone is 19. The monoisotopic (exact) mass is 1070 g/mol. The maximum absolute atomic E-state index is 12.9. The summed E-state index contributed by atoms with van der Waals surface area (Å²) in [6.45, 7) is 6.34. The first-order valence-corrected chi connectivity index (χ1v) is 32.0. The van der Waals surface area contributed by atoms with Crippen molar-refractivity contribution in [2.24, 2.45) is 0 Å². The molecule has 0 aliphatic heterocycles. The van der Waals surface area contributed by atoms with E-state index in [4.69, 9.17) is 14.2 Å². The van der Waals surface area contributed by atoms with Crippen LogP contribution in [0, 0.1) is 0 Å². The molecule has 0 saturated carbocycles. The van der Waals surface area contributed by atoms with E-state index < -0.39 is 12.1 Å². The van der Waals surface area contributed by atoms with Gasteiger partial charge in [-0.3, -0.25) is 14.4 Å². The molecule has 6 nitrogen and oxygen atoms in total. The molecule has 0 saturated heterocycles. The third-order valence-corrected chi connectivity index (χ3v) is 13.5. The Kier molecular flexibility index (Phi) is 60.8. The Bertz CT molecular complexity index is 1600.